The van der Waals surface area contributed by atoms with Crippen molar-refractivity contribution < 1.29 is 23.0 Å². The molecule has 1 aromatic carbocycles. The Morgan fingerprint density at radius 3 is 2.69 bits per heavy atom. The van der Waals surface area contributed by atoms with Crippen molar-refractivity contribution in [2.45, 2.75) is 12.7 Å². The molecule has 1 fully saturated rings. The summed E-state index contributed by atoms with van der Waals surface area (Å²) in [5.41, 5.74) is 0.0970. The van der Waals surface area contributed by atoms with E-state index in [-0.39, 0.29) is 17.4 Å². The van der Waals surface area contributed by atoms with Crippen LogP contribution in [0.3, 0.4) is 0 Å². The van der Waals surface area contributed by atoms with Crippen molar-refractivity contribution >= 4 is 17.2 Å². The second-order valence-corrected chi connectivity index (χ2v) is 6.74. The molecule has 1 aliphatic heterocycles. The largest absolute Gasteiger partial charge is 0.434 e. The van der Waals surface area contributed by atoms with Gasteiger partial charge in [-0.25, -0.2) is 0 Å². The summed E-state index contributed by atoms with van der Waals surface area (Å²) in [4.78, 5) is 15.9. The fourth-order valence-electron chi connectivity index (χ4n) is 2.92. The van der Waals surface area contributed by atoms with Crippen molar-refractivity contribution in [3.63, 3.8) is 0 Å². The molecule has 1 N–H and O–H groups in total. The summed E-state index contributed by atoms with van der Waals surface area (Å²) in [6.07, 6.45) is 0. The number of thiophene rings is 1. The van der Waals surface area contributed by atoms with E-state index in [0.29, 0.717) is 19.8 Å². The predicted molar refractivity (Wildman–Crippen MR) is 94.9 cm³/mol. The minimum atomic E-state index is -2.98. The average Bonchev–Trinajstić information content (AvgIpc) is 3.17. The van der Waals surface area contributed by atoms with Crippen LogP contribution in [0.15, 0.2) is 41.8 Å². The fraction of sp³-hybridized carbons (Fsp3) is 0.389. The minimum absolute atomic E-state index is 0.0195. The lowest BCUT2D eigenvalue weighted by Gasteiger charge is -2.34. The number of carbonyl (C=O) groups excluding carboxylic acids is 1. The van der Waals surface area contributed by atoms with Crippen LogP contribution in [0.5, 0.6) is 5.75 Å². The first-order valence-corrected chi connectivity index (χ1v) is 9.20. The number of ether oxygens (including phenoxy) is 2. The lowest BCUT2D eigenvalue weighted by Crippen LogP contribution is -2.43. The van der Waals surface area contributed by atoms with Gasteiger partial charge >= 0.3 is 6.61 Å². The lowest BCUT2D eigenvalue weighted by atomic mass is 10.1. The van der Waals surface area contributed by atoms with Gasteiger partial charge in [0, 0.05) is 24.5 Å². The number of para-hydroxylation sites is 1. The topological polar surface area (TPSA) is 50.8 Å². The molecule has 1 aromatic heterocycles. The maximum absolute atomic E-state index is 12.5. The molecular weight excluding hydrogens is 362 g/mol. The highest BCUT2D eigenvalue weighted by atomic mass is 32.1. The smallest absolute Gasteiger partial charge is 0.387 e. The Bertz CT molecular complexity index is 706. The zero-order chi connectivity index (χ0) is 18.4. The average molecular weight is 382 g/mol. The normalized spacial score (nSPS) is 16.4. The Kier molecular flexibility index (Phi) is 6.54. The van der Waals surface area contributed by atoms with Crippen molar-refractivity contribution in [3.8, 4) is 5.75 Å². The number of morpholine rings is 1. The molecule has 26 heavy (non-hydrogen) atoms. The van der Waals surface area contributed by atoms with E-state index in [1.165, 1.54) is 12.1 Å². The number of halogens is 2. The van der Waals surface area contributed by atoms with Crippen molar-refractivity contribution in [1.29, 1.82) is 0 Å². The van der Waals surface area contributed by atoms with Crippen LogP contribution in [0.2, 0.25) is 0 Å². The van der Waals surface area contributed by atoms with Crippen LogP contribution in [0, 0.1) is 0 Å². The summed E-state index contributed by atoms with van der Waals surface area (Å²) >= 11 is 1.63. The minimum Gasteiger partial charge on any atom is -0.434 e. The SMILES string of the molecule is O=C(NC[C@@H](c1cccs1)N1CCOCC1)c1ccccc1OC(F)F. The summed E-state index contributed by atoms with van der Waals surface area (Å²) in [6.45, 7) is 0.271. The molecule has 1 saturated heterocycles. The van der Waals surface area contributed by atoms with Gasteiger partial charge in [-0.3, -0.25) is 9.69 Å². The zero-order valence-corrected chi connectivity index (χ0v) is 14.9. The Morgan fingerprint density at radius 1 is 1.23 bits per heavy atom. The first-order chi connectivity index (χ1) is 12.6. The van der Waals surface area contributed by atoms with Crippen LogP contribution in [-0.2, 0) is 4.74 Å². The van der Waals surface area contributed by atoms with Gasteiger partial charge in [-0.1, -0.05) is 18.2 Å². The summed E-state index contributed by atoms with van der Waals surface area (Å²) in [7, 11) is 0. The number of alkyl halides is 2. The van der Waals surface area contributed by atoms with Crippen LogP contribution in [-0.4, -0.2) is 50.3 Å². The van der Waals surface area contributed by atoms with Crippen LogP contribution in [0.25, 0.3) is 0 Å². The Balaban J connectivity index is 1.70. The third-order valence-corrected chi connectivity index (χ3v) is 5.14. The Labute approximate surface area is 154 Å². The highest BCUT2D eigenvalue weighted by Crippen LogP contribution is 2.26. The maximum atomic E-state index is 12.5. The van der Waals surface area contributed by atoms with E-state index < -0.39 is 12.5 Å². The number of amides is 1. The third-order valence-electron chi connectivity index (χ3n) is 4.16. The van der Waals surface area contributed by atoms with Gasteiger partial charge < -0.3 is 14.8 Å². The van der Waals surface area contributed by atoms with Crippen molar-refractivity contribution in [2.24, 2.45) is 0 Å². The second-order valence-electron chi connectivity index (χ2n) is 5.76. The van der Waals surface area contributed by atoms with E-state index in [4.69, 9.17) is 4.74 Å². The molecule has 0 spiro atoms. The van der Waals surface area contributed by atoms with E-state index >= 15 is 0 Å². The van der Waals surface area contributed by atoms with Crippen LogP contribution in [0.4, 0.5) is 8.78 Å². The fourth-order valence-corrected chi connectivity index (χ4v) is 3.78. The molecule has 5 nitrogen and oxygen atoms in total. The Hall–Kier alpha value is -2.03. The highest BCUT2D eigenvalue weighted by molar-refractivity contribution is 7.10. The maximum Gasteiger partial charge on any atom is 0.387 e. The molecule has 3 rings (SSSR count). The molecule has 140 valence electrons. The Morgan fingerprint density at radius 2 is 2.00 bits per heavy atom. The highest BCUT2D eigenvalue weighted by Gasteiger charge is 2.24. The van der Waals surface area contributed by atoms with E-state index in [1.807, 2.05) is 17.5 Å². The van der Waals surface area contributed by atoms with Crippen molar-refractivity contribution in [2.75, 3.05) is 32.8 Å². The van der Waals surface area contributed by atoms with Crippen LogP contribution < -0.4 is 10.1 Å². The first kappa shape index (κ1) is 18.8. The summed E-state index contributed by atoms with van der Waals surface area (Å²) in [5, 5.41) is 4.86. The molecule has 0 bridgehead atoms. The zero-order valence-electron chi connectivity index (χ0n) is 14.1. The van der Waals surface area contributed by atoms with E-state index in [1.54, 1.807) is 23.5 Å². The van der Waals surface area contributed by atoms with Gasteiger partial charge in [-0.15, -0.1) is 11.3 Å². The van der Waals surface area contributed by atoms with E-state index in [9.17, 15) is 13.6 Å². The van der Waals surface area contributed by atoms with Gasteiger partial charge in [0.1, 0.15) is 5.75 Å². The van der Waals surface area contributed by atoms with Crippen LogP contribution >= 0.6 is 11.3 Å². The van der Waals surface area contributed by atoms with E-state index in [0.717, 1.165) is 18.0 Å². The number of nitrogens with one attached hydrogen (secondary N) is 1. The molecule has 0 radical (unpaired) electrons. The van der Waals surface area contributed by atoms with Crippen molar-refractivity contribution in [1.82, 2.24) is 10.2 Å². The van der Waals surface area contributed by atoms with Crippen molar-refractivity contribution in [3.05, 3.63) is 52.2 Å². The predicted octanol–water partition coefficient (Wildman–Crippen LogP) is 3.15. The molecule has 2 heterocycles. The third kappa shape index (κ3) is 4.78. The molecule has 1 amide bonds. The second kappa shape index (κ2) is 9.07. The molecule has 1 aliphatic rings. The number of hydrogen-bond acceptors (Lipinski definition) is 5. The van der Waals surface area contributed by atoms with Gasteiger partial charge in [0.15, 0.2) is 0 Å². The molecule has 1 atom stereocenters. The number of benzene rings is 1. The molecule has 8 heteroatoms. The molecule has 0 saturated carbocycles. The quantitative estimate of drug-likeness (QED) is 0.799. The lowest BCUT2D eigenvalue weighted by molar-refractivity contribution is -0.0501. The number of nitrogens with zero attached hydrogens (tertiary/aromatic N) is 1. The summed E-state index contributed by atoms with van der Waals surface area (Å²) in [6, 6.07) is 10.0. The number of hydrogen-bond donors (Lipinski definition) is 1. The summed E-state index contributed by atoms with van der Waals surface area (Å²) < 4.78 is 34.9. The molecule has 0 aliphatic carbocycles. The molecule has 0 unspecified atom stereocenters. The standard InChI is InChI=1S/C18H20F2N2O3S/c19-18(20)25-15-5-2-1-4-13(15)17(23)21-12-14(16-6-3-11-26-16)22-7-9-24-10-8-22/h1-6,11,14,18H,7-10,12H2,(H,21,23)/t14-/m0/s1. The number of carbonyl (C=O) groups is 1. The summed E-state index contributed by atoms with van der Waals surface area (Å²) in [5.74, 6) is -0.560. The number of rotatable bonds is 7. The van der Waals surface area contributed by atoms with Gasteiger partial charge in [-0.2, -0.15) is 8.78 Å². The molecule has 2 aromatic rings. The molecular formula is C18H20F2N2O3S. The van der Waals surface area contributed by atoms with Gasteiger partial charge in [0.05, 0.1) is 24.8 Å². The first-order valence-electron chi connectivity index (χ1n) is 8.32. The van der Waals surface area contributed by atoms with E-state index in [2.05, 4.69) is 15.0 Å². The van der Waals surface area contributed by atoms with Gasteiger partial charge in [0.25, 0.3) is 5.91 Å². The monoisotopic (exact) mass is 382 g/mol. The van der Waals surface area contributed by atoms with Gasteiger partial charge in [-0.05, 0) is 23.6 Å². The van der Waals surface area contributed by atoms with Gasteiger partial charge in [0.2, 0.25) is 0 Å². The van der Waals surface area contributed by atoms with Crippen LogP contribution in [0.1, 0.15) is 21.3 Å².